The number of halogens is 1. The molecule has 0 saturated carbocycles. The molecule has 104 valence electrons. The molecule has 0 amide bonds. The smallest absolute Gasteiger partial charge is 0.227 e. The van der Waals surface area contributed by atoms with Crippen molar-refractivity contribution >= 4 is 5.69 Å². The van der Waals surface area contributed by atoms with Gasteiger partial charge in [0.15, 0.2) is 0 Å². The topological polar surface area (TPSA) is 55.2 Å². The Morgan fingerprint density at radius 3 is 2.55 bits per heavy atom. The highest BCUT2D eigenvalue weighted by Gasteiger charge is 2.17. The zero-order valence-electron chi connectivity index (χ0n) is 11.0. The van der Waals surface area contributed by atoms with Gasteiger partial charge in [-0.1, -0.05) is 24.3 Å². The molecule has 0 spiro atoms. The van der Waals surface area contributed by atoms with E-state index in [4.69, 9.17) is 0 Å². The fraction of sp³-hybridized carbons (Fsp3) is 0.200. The first-order chi connectivity index (χ1) is 9.54. The number of rotatable bonds is 5. The van der Waals surface area contributed by atoms with Crippen molar-refractivity contribution in [2.45, 2.75) is 13.0 Å². The minimum Gasteiger partial charge on any atom is -0.372 e. The number of nitrogens with one attached hydrogen (secondary N) is 1. The van der Waals surface area contributed by atoms with E-state index in [2.05, 4.69) is 5.32 Å². The van der Waals surface area contributed by atoms with Gasteiger partial charge >= 0.3 is 0 Å². The third kappa shape index (κ3) is 3.78. The van der Waals surface area contributed by atoms with E-state index >= 15 is 0 Å². The molecule has 4 nitrogen and oxygen atoms in total. The summed E-state index contributed by atoms with van der Waals surface area (Å²) in [7, 11) is 0. The highest BCUT2D eigenvalue weighted by Crippen LogP contribution is 2.21. The van der Waals surface area contributed by atoms with Crippen LogP contribution in [0.15, 0.2) is 48.5 Å². The van der Waals surface area contributed by atoms with Gasteiger partial charge in [-0.05, 0) is 42.3 Å². The van der Waals surface area contributed by atoms with Crippen molar-refractivity contribution in [2.75, 3.05) is 11.9 Å². The van der Waals surface area contributed by atoms with E-state index in [1.54, 1.807) is 12.1 Å². The van der Waals surface area contributed by atoms with Crippen molar-refractivity contribution in [1.29, 1.82) is 0 Å². The quantitative estimate of drug-likeness (QED) is 0.670. The van der Waals surface area contributed by atoms with E-state index in [9.17, 15) is 14.5 Å². The second-order valence-corrected chi connectivity index (χ2v) is 4.63. The minimum absolute atomic E-state index is 0.264. The molecule has 1 atom stereocenters. The molecule has 1 N–H and O–H groups in total. The summed E-state index contributed by atoms with van der Waals surface area (Å²) in [5.74, 6) is -0.357. The average molecular weight is 274 g/mol. The monoisotopic (exact) mass is 274 g/mol. The van der Waals surface area contributed by atoms with Crippen LogP contribution < -0.4 is 5.32 Å². The maximum absolute atomic E-state index is 12.9. The Morgan fingerprint density at radius 1 is 1.25 bits per heavy atom. The molecule has 0 aromatic heterocycles. The first kappa shape index (κ1) is 14.0. The van der Waals surface area contributed by atoms with E-state index in [1.165, 1.54) is 12.1 Å². The van der Waals surface area contributed by atoms with Crippen LogP contribution in [0.5, 0.6) is 0 Å². The van der Waals surface area contributed by atoms with Crippen molar-refractivity contribution in [1.82, 2.24) is 0 Å². The van der Waals surface area contributed by atoms with Crippen molar-refractivity contribution in [3.05, 3.63) is 75.6 Å². The Morgan fingerprint density at radius 2 is 1.95 bits per heavy atom. The molecular formula is C15H15FN2O2. The molecule has 0 saturated heterocycles. The van der Waals surface area contributed by atoms with Crippen LogP contribution in [-0.4, -0.2) is 11.5 Å². The second kappa shape index (κ2) is 6.14. The van der Waals surface area contributed by atoms with Crippen molar-refractivity contribution < 1.29 is 9.31 Å². The summed E-state index contributed by atoms with van der Waals surface area (Å²) in [6.07, 6.45) is 0. The van der Waals surface area contributed by atoms with Crippen LogP contribution in [-0.2, 0) is 0 Å². The summed E-state index contributed by atoms with van der Waals surface area (Å²) < 4.78 is 12.9. The Kier molecular flexibility index (Phi) is 4.30. The number of nitro groups is 1. The Bertz CT molecular complexity index is 599. The van der Waals surface area contributed by atoms with Crippen LogP contribution in [0.1, 0.15) is 17.2 Å². The van der Waals surface area contributed by atoms with Crippen LogP contribution in [0.25, 0.3) is 0 Å². The van der Waals surface area contributed by atoms with Crippen LogP contribution in [0.4, 0.5) is 10.1 Å². The number of hydrogen-bond acceptors (Lipinski definition) is 3. The Hall–Kier alpha value is -2.43. The van der Waals surface area contributed by atoms with Crippen LogP contribution in [0, 0.1) is 22.9 Å². The van der Waals surface area contributed by atoms with Crippen molar-refractivity contribution in [3.63, 3.8) is 0 Å². The third-order valence-electron chi connectivity index (χ3n) is 2.96. The van der Waals surface area contributed by atoms with Crippen molar-refractivity contribution in [3.8, 4) is 0 Å². The summed E-state index contributed by atoms with van der Waals surface area (Å²) in [4.78, 5) is 10.4. The molecule has 0 bridgehead atoms. The Balaban J connectivity index is 2.23. The molecule has 2 aromatic carbocycles. The molecule has 0 aliphatic rings. The molecule has 0 aliphatic heterocycles. The molecule has 1 unspecified atom stereocenters. The van der Waals surface area contributed by atoms with Gasteiger partial charge in [-0.2, -0.15) is 0 Å². The molecule has 20 heavy (non-hydrogen) atoms. The lowest BCUT2D eigenvalue weighted by Crippen LogP contribution is -2.20. The summed E-state index contributed by atoms with van der Waals surface area (Å²) >= 11 is 0. The summed E-state index contributed by atoms with van der Waals surface area (Å²) in [5, 5.41) is 13.9. The summed E-state index contributed by atoms with van der Waals surface area (Å²) in [6.45, 7) is 1.69. The predicted octanol–water partition coefficient (Wildman–Crippen LogP) is 3.56. The molecule has 2 aromatic rings. The third-order valence-corrected chi connectivity index (χ3v) is 2.96. The van der Waals surface area contributed by atoms with E-state index in [-0.39, 0.29) is 17.3 Å². The molecule has 0 aliphatic carbocycles. The highest BCUT2D eigenvalue weighted by molar-refractivity contribution is 5.47. The number of benzene rings is 2. The largest absolute Gasteiger partial charge is 0.372 e. The number of nitrogens with zero attached hydrogens (tertiary/aromatic N) is 1. The zero-order chi connectivity index (χ0) is 14.5. The lowest BCUT2D eigenvalue weighted by atomic mass is 10.1. The summed E-state index contributed by atoms with van der Waals surface area (Å²) in [5.41, 5.74) is 2.56. The van der Waals surface area contributed by atoms with Gasteiger partial charge in [0, 0.05) is 10.6 Å². The first-order valence-corrected chi connectivity index (χ1v) is 6.25. The normalized spacial score (nSPS) is 11.9. The Labute approximate surface area is 116 Å². The van der Waals surface area contributed by atoms with Gasteiger partial charge in [0.05, 0.1) is 0 Å². The van der Waals surface area contributed by atoms with E-state index in [0.29, 0.717) is 5.56 Å². The fourth-order valence-electron chi connectivity index (χ4n) is 2.01. The van der Waals surface area contributed by atoms with Crippen LogP contribution >= 0.6 is 0 Å². The fourth-order valence-corrected chi connectivity index (χ4v) is 2.01. The van der Waals surface area contributed by atoms with E-state index in [0.717, 1.165) is 11.3 Å². The molecule has 5 heteroatoms. The number of hydrogen-bond donors (Lipinski definition) is 1. The van der Waals surface area contributed by atoms with Crippen LogP contribution in [0.2, 0.25) is 0 Å². The lowest BCUT2D eigenvalue weighted by molar-refractivity contribution is -0.482. The first-order valence-electron chi connectivity index (χ1n) is 6.25. The molecule has 0 fully saturated rings. The van der Waals surface area contributed by atoms with Gasteiger partial charge in [-0.3, -0.25) is 10.1 Å². The zero-order valence-corrected chi connectivity index (χ0v) is 11.0. The van der Waals surface area contributed by atoms with Gasteiger partial charge < -0.3 is 5.32 Å². The van der Waals surface area contributed by atoms with Gasteiger partial charge in [-0.25, -0.2) is 4.39 Å². The number of aryl methyl sites for hydroxylation is 1. The van der Waals surface area contributed by atoms with E-state index < -0.39 is 6.04 Å². The lowest BCUT2D eigenvalue weighted by Gasteiger charge is -2.17. The SMILES string of the molecule is Cc1cccc(NC(C[N+](=O)[O-])c2ccc(F)cc2)c1. The molecule has 2 rings (SSSR count). The molecule has 0 radical (unpaired) electrons. The second-order valence-electron chi connectivity index (χ2n) is 4.63. The van der Waals surface area contributed by atoms with Crippen LogP contribution in [0.3, 0.4) is 0 Å². The van der Waals surface area contributed by atoms with Gasteiger partial charge in [0.2, 0.25) is 6.54 Å². The van der Waals surface area contributed by atoms with Crippen molar-refractivity contribution in [2.24, 2.45) is 0 Å². The predicted molar refractivity (Wildman–Crippen MR) is 75.8 cm³/mol. The number of anilines is 1. The minimum atomic E-state index is -0.493. The highest BCUT2D eigenvalue weighted by atomic mass is 19.1. The molecular weight excluding hydrogens is 259 g/mol. The van der Waals surface area contributed by atoms with Gasteiger partial charge in [0.1, 0.15) is 11.9 Å². The maximum atomic E-state index is 12.9. The van der Waals surface area contributed by atoms with Gasteiger partial charge in [-0.15, -0.1) is 0 Å². The van der Waals surface area contributed by atoms with E-state index in [1.807, 2.05) is 31.2 Å². The average Bonchev–Trinajstić information content (AvgIpc) is 2.38. The van der Waals surface area contributed by atoms with Gasteiger partial charge in [0.25, 0.3) is 0 Å². The summed E-state index contributed by atoms with van der Waals surface area (Å²) in [6, 6.07) is 12.8. The molecule has 0 heterocycles. The maximum Gasteiger partial charge on any atom is 0.227 e. The standard InChI is InChI=1S/C15H15FN2O2/c1-11-3-2-4-14(9-11)17-15(10-18(19)20)12-5-7-13(16)8-6-12/h2-9,15,17H,10H2,1H3.